The normalized spacial score (nSPS) is 10.7. The summed E-state index contributed by atoms with van der Waals surface area (Å²) in [6.45, 7) is 10.5. The van der Waals surface area contributed by atoms with Crippen molar-refractivity contribution in [1.82, 2.24) is 0 Å². The van der Waals surface area contributed by atoms with Crippen molar-refractivity contribution in [3.05, 3.63) is 161 Å². The van der Waals surface area contributed by atoms with Crippen LogP contribution in [0.15, 0.2) is 128 Å². The number of carbonyl (C=O) groups excluding carboxylic acids is 6. The number of carbonyl (C=O) groups is 6. The number of rotatable bonds is 40. The molecule has 0 atom stereocenters. The Kier molecular flexibility index (Phi) is 29.1. The number of hydrogen-bond donors (Lipinski definition) is 1. The zero-order chi connectivity index (χ0) is 60.3. The molecule has 0 bridgehead atoms. The number of esters is 6. The number of nitrogen functional groups attached to an aromatic ring is 1. The van der Waals surface area contributed by atoms with Crippen molar-refractivity contribution in [1.29, 1.82) is 0 Å². The molecular formula is C65H76N2O17. The van der Waals surface area contributed by atoms with Gasteiger partial charge in [-0.25, -0.2) is 28.8 Å². The van der Waals surface area contributed by atoms with Gasteiger partial charge in [0.05, 0.1) is 73.4 Å². The highest BCUT2D eigenvalue weighted by Crippen LogP contribution is 2.38. The third kappa shape index (κ3) is 23.5. The molecule has 0 heterocycles. The van der Waals surface area contributed by atoms with E-state index in [0.29, 0.717) is 55.7 Å². The van der Waals surface area contributed by atoms with Crippen molar-refractivity contribution in [2.24, 2.45) is 0 Å². The zero-order valence-electron chi connectivity index (χ0n) is 47.8. The van der Waals surface area contributed by atoms with Crippen LogP contribution in [0.5, 0.6) is 28.7 Å². The Hall–Kier alpha value is -9.00. The average molecular weight is 1160 g/mol. The molecule has 0 spiro atoms. The molecule has 0 aliphatic rings. The smallest absolute Gasteiger partial charge is 0.344 e. The molecular weight excluding hydrogens is 1080 g/mol. The number of nitrogens with zero attached hydrogens (tertiary/aromatic N) is 1. The lowest BCUT2D eigenvalue weighted by Gasteiger charge is -2.13. The van der Waals surface area contributed by atoms with Crippen LogP contribution >= 0.6 is 0 Å². The Bertz CT molecular complexity index is 2940. The van der Waals surface area contributed by atoms with E-state index < -0.39 is 40.7 Å². The molecule has 0 radical (unpaired) electrons. The number of anilines is 1. The number of nitrogens with two attached hydrogens (primary N) is 1. The number of nitro groups is 1. The fourth-order valence-corrected chi connectivity index (χ4v) is 8.36. The highest BCUT2D eigenvalue weighted by molar-refractivity contribution is 6.06. The SMILES string of the molecule is C=CC(=O)OCCCCCCCOc1ccc(OC(=O)c2ccc(C(=O)Oc3ccc(OCCCCCCCOC(=O)C=C)cc3)c(C(=O)OCCCOC(=O)c3ccc(-c4cc([N+](=O)[O-])c(OCCCCCCCC)cc4N)cc3)c2)cc1. The lowest BCUT2D eigenvalue weighted by atomic mass is 10.0. The van der Waals surface area contributed by atoms with Gasteiger partial charge in [0.15, 0.2) is 5.75 Å². The third-order valence-electron chi connectivity index (χ3n) is 13.0. The Morgan fingerprint density at radius 3 is 1.40 bits per heavy atom. The van der Waals surface area contributed by atoms with Crippen molar-refractivity contribution in [3.8, 4) is 39.9 Å². The van der Waals surface area contributed by atoms with E-state index in [-0.39, 0.29) is 70.5 Å². The molecule has 0 saturated carbocycles. The van der Waals surface area contributed by atoms with E-state index in [1.807, 2.05) is 0 Å². The first-order valence-corrected chi connectivity index (χ1v) is 28.6. The molecule has 19 nitrogen and oxygen atoms in total. The van der Waals surface area contributed by atoms with E-state index in [1.54, 1.807) is 60.7 Å². The summed E-state index contributed by atoms with van der Waals surface area (Å²) >= 11 is 0. The van der Waals surface area contributed by atoms with E-state index in [2.05, 4.69) is 20.1 Å². The van der Waals surface area contributed by atoms with Crippen molar-refractivity contribution in [3.63, 3.8) is 0 Å². The topological polar surface area (TPSA) is 255 Å². The molecule has 0 saturated heterocycles. The van der Waals surface area contributed by atoms with Crippen LogP contribution < -0.4 is 29.4 Å². The maximum Gasteiger partial charge on any atom is 0.344 e. The fraction of sp³-hybridized carbons (Fsp3) is 0.385. The Morgan fingerprint density at radius 2 is 0.893 bits per heavy atom. The van der Waals surface area contributed by atoms with Gasteiger partial charge in [0, 0.05) is 42.0 Å². The first kappa shape index (κ1) is 65.8. The largest absolute Gasteiger partial charge is 0.494 e. The minimum absolute atomic E-state index is 0.0598. The molecule has 2 N–H and O–H groups in total. The monoisotopic (exact) mass is 1160 g/mol. The number of unbranched alkanes of at least 4 members (excludes halogenated alkanes) is 13. The fourth-order valence-electron chi connectivity index (χ4n) is 8.36. The first-order chi connectivity index (χ1) is 40.8. The average Bonchev–Trinajstić information content (AvgIpc) is 3.52. The molecule has 0 aliphatic carbocycles. The lowest BCUT2D eigenvalue weighted by Crippen LogP contribution is -2.19. The molecule has 448 valence electrons. The molecule has 0 amide bonds. The second-order valence-corrected chi connectivity index (χ2v) is 19.4. The van der Waals surface area contributed by atoms with E-state index in [1.165, 1.54) is 48.9 Å². The Labute approximate surface area is 490 Å². The standard InChI is InChI=1S/C65H76N2O17/c1-4-7-8-9-12-19-39-78-59-46-57(66)55(45-58(59)67(74)75)47-23-25-48(26-24-47)62(70)81-42-22-43-82-64(72)56-44-49(63(71)83-52-32-28-50(29-33-52)76-37-17-13-10-15-20-40-79-60(68)5-2)27-36-54(56)65(73)84-53-34-30-51(31-35-53)77-38-18-14-11-16-21-41-80-61(69)6-3/h5-6,23-36,44-46H,2-4,7-22,37-43,66H2,1H3. The maximum atomic E-state index is 13.8. The van der Waals surface area contributed by atoms with E-state index in [9.17, 15) is 38.9 Å². The number of benzene rings is 5. The minimum atomic E-state index is -0.967. The maximum absolute atomic E-state index is 13.8. The summed E-state index contributed by atoms with van der Waals surface area (Å²) in [5, 5.41) is 12.0. The van der Waals surface area contributed by atoms with Crippen LogP contribution in [0.1, 0.15) is 158 Å². The van der Waals surface area contributed by atoms with E-state index in [4.69, 9.17) is 48.4 Å². The predicted octanol–water partition coefficient (Wildman–Crippen LogP) is 13.5. The molecule has 5 rings (SSSR count). The zero-order valence-corrected chi connectivity index (χ0v) is 47.8. The molecule has 5 aromatic rings. The summed E-state index contributed by atoms with van der Waals surface area (Å²) in [6, 6.07) is 25.6. The van der Waals surface area contributed by atoms with Gasteiger partial charge in [-0.1, -0.05) is 103 Å². The van der Waals surface area contributed by atoms with Crippen molar-refractivity contribution in [2.45, 2.75) is 116 Å². The van der Waals surface area contributed by atoms with E-state index in [0.717, 1.165) is 108 Å². The van der Waals surface area contributed by atoms with Crippen molar-refractivity contribution < 1.29 is 76.3 Å². The second-order valence-electron chi connectivity index (χ2n) is 19.4. The molecule has 0 fully saturated rings. The van der Waals surface area contributed by atoms with Gasteiger partial charge in [-0.2, -0.15) is 0 Å². The summed E-state index contributed by atoms with van der Waals surface area (Å²) in [6.07, 6.45) is 17.3. The number of ether oxygens (including phenoxy) is 9. The Morgan fingerprint density at radius 1 is 0.452 bits per heavy atom. The van der Waals surface area contributed by atoms with Gasteiger partial charge in [-0.3, -0.25) is 10.1 Å². The van der Waals surface area contributed by atoms with Gasteiger partial charge in [0.25, 0.3) is 0 Å². The Balaban J connectivity index is 1.15. The third-order valence-corrected chi connectivity index (χ3v) is 13.0. The van der Waals surface area contributed by atoms with Crippen LogP contribution in [-0.4, -0.2) is 87.0 Å². The highest BCUT2D eigenvalue weighted by atomic mass is 16.6. The van der Waals surface area contributed by atoms with Crippen LogP contribution in [-0.2, 0) is 28.5 Å². The van der Waals surface area contributed by atoms with Gasteiger partial charge < -0.3 is 48.4 Å². The van der Waals surface area contributed by atoms with Crippen LogP contribution in [0.3, 0.4) is 0 Å². The van der Waals surface area contributed by atoms with Gasteiger partial charge in [-0.15, -0.1) is 0 Å². The quantitative estimate of drug-likeness (QED) is 0.00559. The first-order valence-electron chi connectivity index (χ1n) is 28.6. The molecule has 84 heavy (non-hydrogen) atoms. The molecule has 5 aromatic carbocycles. The molecule has 19 heteroatoms. The predicted molar refractivity (Wildman–Crippen MR) is 316 cm³/mol. The van der Waals surface area contributed by atoms with Crippen LogP contribution in [0.2, 0.25) is 0 Å². The van der Waals surface area contributed by atoms with E-state index >= 15 is 0 Å². The van der Waals surface area contributed by atoms with Gasteiger partial charge in [-0.05, 0) is 117 Å². The van der Waals surface area contributed by atoms with Gasteiger partial charge in [0.1, 0.15) is 23.0 Å². The molecule has 0 unspecified atom stereocenters. The second kappa shape index (κ2) is 37.2. The molecule has 0 aromatic heterocycles. The van der Waals surface area contributed by atoms with Gasteiger partial charge in [0.2, 0.25) is 0 Å². The summed E-state index contributed by atoms with van der Waals surface area (Å²) in [5.74, 6) is -2.69. The van der Waals surface area contributed by atoms with Crippen molar-refractivity contribution >= 4 is 47.2 Å². The summed E-state index contributed by atoms with van der Waals surface area (Å²) in [5.41, 5.74) is 6.93. The summed E-state index contributed by atoms with van der Waals surface area (Å²) in [7, 11) is 0. The number of hydrogen-bond acceptors (Lipinski definition) is 18. The summed E-state index contributed by atoms with van der Waals surface area (Å²) < 4.78 is 49.7. The highest BCUT2D eigenvalue weighted by Gasteiger charge is 2.24. The van der Waals surface area contributed by atoms with Crippen LogP contribution in [0.25, 0.3) is 11.1 Å². The molecule has 0 aliphatic heterocycles. The number of nitro benzene ring substituents is 1. The van der Waals surface area contributed by atoms with Crippen LogP contribution in [0.4, 0.5) is 11.4 Å². The minimum Gasteiger partial charge on any atom is -0.494 e. The van der Waals surface area contributed by atoms with Crippen LogP contribution in [0, 0.1) is 10.1 Å². The van der Waals surface area contributed by atoms with Crippen molar-refractivity contribution in [2.75, 3.05) is 52.0 Å². The summed E-state index contributed by atoms with van der Waals surface area (Å²) in [4.78, 5) is 87.9. The lowest BCUT2D eigenvalue weighted by molar-refractivity contribution is -0.385. The van der Waals surface area contributed by atoms with Gasteiger partial charge >= 0.3 is 41.5 Å².